The number of rotatable bonds is 4. The molecule has 3 atom stereocenters. The molecule has 0 aromatic heterocycles. The van der Waals surface area contributed by atoms with E-state index in [1.54, 1.807) is 7.05 Å². The van der Waals surface area contributed by atoms with Crippen LogP contribution in [-0.2, 0) is 9.63 Å². The summed E-state index contributed by atoms with van der Waals surface area (Å²) in [7, 11) is 3.04. The van der Waals surface area contributed by atoms with Crippen molar-refractivity contribution in [3.8, 4) is 0 Å². The van der Waals surface area contributed by atoms with Crippen molar-refractivity contribution in [2.24, 2.45) is 17.3 Å². The van der Waals surface area contributed by atoms with E-state index in [0.717, 1.165) is 19.3 Å². The molecule has 0 saturated carbocycles. The van der Waals surface area contributed by atoms with E-state index >= 15 is 0 Å². The Morgan fingerprint density at radius 2 is 1.95 bits per heavy atom. The van der Waals surface area contributed by atoms with E-state index in [-0.39, 0.29) is 29.2 Å². The molecule has 22 heavy (non-hydrogen) atoms. The Labute approximate surface area is 133 Å². The van der Waals surface area contributed by atoms with E-state index in [1.165, 1.54) is 17.1 Å². The van der Waals surface area contributed by atoms with Crippen molar-refractivity contribution in [1.29, 1.82) is 0 Å². The maximum absolute atomic E-state index is 12.8. The minimum absolute atomic E-state index is 0.133. The number of hydrogen-bond donors (Lipinski definition) is 1. The quantitative estimate of drug-likeness (QED) is 0.810. The predicted molar refractivity (Wildman–Crippen MR) is 84.3 cm³/mol. The molecule has 1 heterocycles. The summed E-state index contributed by atoms with van der Waals surface area (Å²) in [5, 5.41) is 10.8. The van der Waals surface area contributed by atoms with Gasteiger partial charge in [0.25, 0.3) is 5.91 Å². The second kappa shape index (κ2) is 7.31. The molecule has 0 aliphatic carbocycles. The fraction of sp³-hybridized carbons (Fsp3) is 0.875. The van der Waals surface area contributed by atoms with Crippen LogP contribution < -0.4 is 0 Å². The number of amides is 2. The third-order valence-corrected chi connectivity index (χ3v) is 4.59. The van der Waals surface area contributed by atoms with Gasteiger partial charge >= 0.3 is 6.09 Å². The van der Waals surface area contributed by atoms with Gasteiger partial charge in [-0.15, -0.1) is 0 Å². The highest BCUT2D eigenvalue weighted by molar-refractivity contribution is 5.80. The van der Waals surface area contributed by atoms with Gasteiger partial charge in [0.15, 0.2) is 0 Å². The van der Waals surface area contributed by atoms with Gasteiger partial charge < -0.3 is 10.0 Å². The predicted octanol–water partition coefficient (Wildman–Crippen LogP) is 2.84. The first-order chi connectivity index (χ1) is 10.1. The van der Waals surface area contributed by atoms with Crippen LogP contribution >= 0.6 is 0 Å². The van der Waals surface area contributed by atoms with Gasteiger partial charge in [0.2, 0.25) is 0 Å². The highest BCUT2D eigenvalue weighted by Crippen LogP contribution is 2.41. The van der Waals surface area contributed by atoms with Crippen molar-refractivity contribution >= 4 is 12.0 Å². The first kappa shape index (κ1) is 18.7. The number of hydroxylamine groups is 2. The normalized spacial score (nSPS) is 25.9. The Morgan fingerprint density at radius 1 is 1.36 bits per heavy atom. The lowest BCUT2D eigenvalue weighted by molar-refractivity contribution is -0.182. The van der Waals surface area contributed by atoms with Crippen molar-refractivity contribution in [3.63, 3.8) is 0 Å². The SMILES string of the molecule is CCCC1CCN(C(=O)O)C(C(C)(C)C)C1C(=O)N(C)OC. The molecule has 128 valence electrons. The summed E-state index contributed by atoms with van der Waals surface area (Å²) in [6, 6.07) is -0.347. The van der Waals surface area contributed by atoms with Crippen LogP contribution in [0.15, 0.2) is 0 Å². The summed E-state index contributed by atoms with van der Waals surface area (Å²) >= 11 is 0. The Morgan fingerprint density at radius 3 is 2.36 bits per heavy atom. The smallest absolute Gasteiger partial charge is 0.407 e. The molecule has 1 aliphatic heterocycles. The van der Waals surface area contributed by atoms with Gasteiger partial charge in [-0.2, -0.15) is 0 Å². The van der Waals surface area contributed by atoms with E-state index in [9.17, 15) is 14.7 Å². The van der Waals surface area contributed by atoms with E-state index in [2.05, 4.69) is 6.92 Å². The zero-order valence-corrected chi connectivity index (χ0v) is 14.6. The number of piperidine rings is 1. The minimum atomic E-state index is -0.951. The molecule has 0 spiro atoms. The Bertz CT molecular complexity index is 405. The van der Waals surface area contributed by atoms with Gasteiger partial charge in [-0.05, 0) is 24.2 Å². The van der Waals surface area contributed by atoms with E-state index in [1.807, 2.05) is 20.8 Å². The van der Waals surface area contributed by atoms with Crippen LogP contribution in [0.25, 0.3) is 0 Å². The second-order valence-electron chi connectivity index (χ2n) is 7.17. The van der Waals surface area contributed by atoms with Crippen LogP contribution in [-0.4, -0.2) is 53.8 Å². The van der Waals surface area contributed by atoms with E-state index in [4.69, 9.17) is 4.84 Å². The first-order valence-electron chi connectivity index (χ1n) is 7.96. The number of carbonyl (C=O) groups is 2. The van der Waals surface area contributed by atoms with Gasteiger partial charge in [-0.25, -0.2) is 9.86 Å². The van der Waals surface area contributed by atoms with Crippen molar-refractivity contribution in [2.75, 3.05) is 20.7 Å². The Balaban J connectivity index is 3.26. The van der Waals surface area contributed by atoms with Crippen LogP contribution in [0, 0.1) is 17.3 Å². The van der Waals surface area contributed by atoms with Crippen LogP contribution in [0.5, 0.6) is 0 Å². The zero-order valence-electron chi connectivity index (χ0n) is 14.6. The third kappa shape index (κ3) is 3.91. The molecule has 0 radical (unpaired) electrons. The molecule has 0 aromatic carbocycles. The number of hydrogen-bond acceptors (Lipinski definition) is 3. The minimum Gasteiger partial charge on any atom is -0.465 e. The highest BCUT2D eigenvalue weighted by Gasteiger charge is 2.49. The van der Waals surface area contributed by atoms with Crippen LogP contribution in [0.3, 0.4) is 0 Å². The number of likely N-dealkylation sites (tertiary alicyclic amines) is 1. The summed E-state index contributed by atoms with van der Waals surface area (Å²) < 4.78 is 0. The van der Waals surface area contributed by atoms with E-state index in [0.29, 0.717) is 6.54 Å². The summed E-state index contributed by atoms with van der Waals surface area (Å²) in [6.07, 6.45) is 1.68. The molecule has 1 aliphatic rings. The van der Waals surface area contributed by atoms with Crippen molar-refractivity contribution in [2.45, 2.75) is 53.0 Å². The van der Waals surface area contributed by atoms with Gasteiger partial charge in [0.1, 0.15) is 0 Å². The average molecular weight is 314 g/mol. The molecule has 6 heteroatoms. The number of nitrogens with zero attached hydrogens (tertiary/aromatic N) is 2. The molecular weight excluding hydrogens is 284 g/mol. The Kier molecular flexibility index (Phi) is 6.23. The number of carbonyl (C=O) groups excluding carboxylic acids is 1. The molecule has 1 N–H and O–H groups in total. The first-order valence-corrected chi connectivity index (χ1v) is 7.96. The largest absolute Gasteiger partial charge is 0.465 e. The monoisotopic (exact) mass is 314 g/mol. The van der Waals surface area contributed by atoms with Crippen LogP contribution in [0.2, 0.25) is 0 Å². The summed E-state index contributed by atoms with van der Waals surface area (Å²) in [4.78, 5) is 31.0. The maximum Gasteiger partial charge on any atom is 0.407 e. The summed E-state index contributed by atoms with van der Waals surface area (Å²) in [5.41, 5.74) is -0.320. The highest BCUT2D eigenvalue weighted by atomic mass is 16.7. The molecule has 1 saturated heterocycles. The average Bonchev–Trinajstić information content (AvgIpc) is 2.44. The molecule has 1 rings (SSSR count). The zero-order chi connectivity index (χ0) is 17.1. The second-order valence-corrected chi connectivity index (χ2v) is 7.17. The molecular formula is C16H30N2O4. The number of carboxylic acid groups (broad SMARTS) is 1. The lowest BCUT2D eigenvalue weighted by atomic mass is 9.68. The van der Waals surface area contributed by atoms with Gasteiger partial charge in [-0.3, -0.25) is 9.63 Å². The topological polar surface area (TPSA) is 70.1 Å². The van der Waals surface area contributed by atoms with Crippen molar-refractivity contribution in [1.82, 2.24) is 9.96 Å². The molecule has 0 aromatic rings. The summed E-state index contributed by atoms with van der Waals surface area (Å²) in [5.74, 6) is -0.309. The maximum atomic E-state index is 12.8. The lowest BCUT2D eigenvalue weighted by Crippen LogP contribution is -2.60. The van der Waals surface area contributed by atoms with Crippen molar-refractivity contribution < 1.29 is 19.5 Å². The van der Waals surface area contributed by atoms with Crippen LogP contribution in [0.1, 0.15) is 47.0 Å². The molecule has 2 amide bonds. The molecule has 0 bridgehead atoms. The summed E-state index contributed by atoms with van der Waals surface area (Å²) in [6.45, 7) is 8.57. The molecule has 1 fully saturated rings. The van der Waals surface area contributed by atoms with Crippen molar-refractivity contribution in [3.05, 3.63) is 0 Å². The Hall–Kier alpha value is -1.30. The standard InChI is InChI=1S/C16H30N2O4/c1-7-8-11-9-10-18(15(20)21)13(16(2,3)4)12(11)14(19)17(5)22-6/h11-13H,7-10H2,1-6H3,(H,20,21). The fourth-order valence-electron chi connectivity index (χ4n) is 3.63. The molecule has 3 unspecified atom stereocenters. The fourth-order valence-corrected chi connectivity index (χ4v) is 3.63. The van der Waals surface area contributed by atoms with Gasteiger partial charge in [0, 0.05) is 13.6 Å². The molecule has 6 nitrogen and oxygen atoms in total. The van der Waals surface area contributed by atoms with Gasteiger partial charge in [0.05, 0.1) is 19.1 Å². The third-order valence-electron chi connectivity index (χ3n) is 4.59. The van der Waals surface area contributed by atoms with Gasteiger partial charge in [-0.1, -0.05) is 34.1 Å². The van der Waals surface area contributed by atoms with E-state index < -0.39 is 6.09 Å². The van der Waals surface area contributed by atoms with Crippen LogP contribution in [0.4, 0.5) is 4.79 Å². The lowest BCUT2D eigenvalue weighted by Gasteiger charge is -2.49.